The molecule has 106 valence electrons. The minimum Gasteiger partial charge on any atom is -0.382 e. The van der Waals surface area contributed by atoms with Crippen LogP contribution in [0.25, 0.3) is 0 Å². The van der Waals surface area contributed by atoms with Gasteiger partial charge in [0.2, 0.25) is 0 Å². The molecule has 1 aliphatic heterocycles. The highest BCUT2D eigenvalue weighted by Gasteiger charge is 2.33. The largest absolute Gasteiger partial charge is 0.382 e. The lowest BCUT2D eigenvalue weighted by Crippen LogP contribution is -2.33. The second-order valence-corrected chi connectivity index (χ2v) is 5.48. The van der Waals surface area contributed by atoms with Crippen molar-refractivity contribution in [2.45, 2.75) is 44.2 Å². The molecule has 1 saturated heterocycles. The van der Waals surface area contributed by atoms with Crippen molar-refractivity contribution in [3.8, 4) is 0 Å². The van der Waals surface area contributed by atoms with E-state index in [-0.39, 0.29) is 0 Å². The molecule has 0 bridgehead atoms. The number of unbranched alkanes of at least 4 members (excludes halogenated alkanes) is 1. The molecule has 2 rings (SSSR count). The van der Waals surface area contributed by atoms with Crippen LogP contribution in [0.2, 0.25) is 0 Å². The van der Waals surface area contributed by atoms with Crippen molar-refractivity contribution in [2.24, 2.45) is 0 Å². The molecule has 0 radical (unpaired) electrons. The van der Waals surface area contributed by atoms with Crippen LogP contribution in [0.4, 0.5) is 0 Å². The number of nitrogens with one attached hydrogen (secondary N) is 1. The summed E-state index contributed by atoms with van der Waals surface area (Å²) >= 11 is 0. The first-order chi connectivity index (χ1) is 8.90. The number of ether oxygens (including phenoxy) is 2. The van der Waals surface area contributed by atoms with E-state index in [1.54, 1.807) is 7.11 Å². The van der Waals surface area contributed by atoms with Crippen molar-refractivity contribution in [3.05, 3.63) is 0 Å². The third-order valence-corrected chi connectivity index (χ3v) is 3.86. The molecule has 4 nitrogen and oxygen atoms in total. The van der Waals surface area contributed by atoms with Crippen LogP contribution in [0.15, 0.2) is 0 Å². The first-order valence-electron chi connectivity index (χ1n) is 7.44. The molecule has 1 saturated carbocycles. The molecule has 1 atom stereocenters. The number of likely N-dealkylation sites (tertiary alicyclic amines) is 1. The monoisotopic (exact) mass is 256 g/mol. The van der Waals surface area contributed by atoms with E-state index >= 15 is 0 Å². The molecule has 0 spiro atoms. The molecular weight excluding hydrogens is 228 g/mol. The summed E-state index contributed by atoms with van der Waals surface area (Å²) in [5.74, 6) is 0. The molecule has 0 aromatic carbocycles. The Hall–Kier alpha value is -0.160. The van der Waals surface area contributed by atoms with Gasteiger partial charge >= 0.3 is 0 Å². The Morgan fingerprint density at radius 1 is 1.11 bits per heavy atom. The van der Waals surface area contributed by atoms with Crippen molar-refractivity contribution in [1.82, 2.24) is 10.2 Å². The summed E-state index contributed by atoms with van der Waals surface area (Å²) in [6.07, 6.45) is 6.57. The highest BCUT2D eigenvalue weighted by atomic mass is 16.5. The van der Waals surface area contributed by atoms with Gasteiger partial charge in [0.1, 0.15) is 0 Å². The van der Waals surface area contributed by atoms with Crippen LogP contribution in [0.3, 0.4) is 0 Å². The Morgan fingerprint density at radius 3 is 2.78 bits per heavy atom. The van der Waals surface area contributed by atoms with Crippen LogP contribution in [0.1, 0.15) is 32.1 Å². The van der Waals surface area contributed by atoms with E-state index in [2.05, 4.69) is 10.2 Å². The molecule has 18 heavy (non-hydrogen) atoms. The third kappa shape index (κ3) is 5.22. The molecule has 2 fully saturated rings. The van der Waals surface area contributed by atoms with Crippen LogP contribution in [-0.2, 0) is 9.47 Å². The smallest absolute Gasteiger partial charge is 0.0700 e. The molecule has 0 aromatic rings. The van der Waals surface area contributed by atoms with Crippen molar-refractivity contribution >= 4 is 0 Å². The van der Waals surface area contributed by atoms with Gasteiger partial charge in [-0.05, 0) is 38.6 Å². The van der Waals surface area contributed by atoms with Crippen LogP contribution in [0, 0.1) is 0 Å². The lowest BCUT2D eigenvalue weighted by Gasteiger charge is -2.15. The van der Waals surface area contributed by atoms with Gasteiger partial charge in [-0.15, -0.1) is 0 Å². The van der Waals surface area contributed by atoms with Gasteiger partial charge in [-0.3, -0.25) is 4.90 Å². The minimum atomic E-state index is 0.706. The summed E-state index contributed by atoms with van der Waals surface area (Å²) in [5.41, 5.74) is 0. The van der Waals surface area contributed by atoms with Crippen LogP contribution in [-0.4, -0.2) is 63.5 Å². The Morgan fingerprint density at radius 2 is 2.00 bits per heavy atom. The number of hydrogen-bond donors (Lipinski definition) is 1. The minimum absolute atomic E-state index is 0.706. The van der Waals surface area contributed by atoms with E-state index in [9.17, 15) is 0 Å². The Labute approximate surface area is 111 Å². The summed E-state index contributed by atoms with van der Waals surface area (Å²) in [7, 11) is 1.71. The van der Waals surface area contributed by atoms with Crippen LogP contribution in [0.5, 0.6) is 0 Å². The molecule has 1 heterocycles. The fourth-order valence-corrected chi connectivity index (χ4v) is 2.60. The molecule has 1 unspecified atom stereocenters. The first kappa shape index (κ1) is 14.3. The topological polar surface area (TPSA) is 33.7 Å². The molecular formula is C14H28N2O2. The predicted octanol–water partition coefficient (Wildman–Crippen LogP) is 1.26. The maximum absolute atomic E-state index is 5.44. The summed E-state index contributed by atoms with van der Waals surface area (Å²) in [6.45, 7) is 6.01. The number of nitrogens with zero attached hydrogens (tertiary/aromatic N) is 1. The highest BCUT2D eigenvalue weighted by Crippen LogP contribution is 2.29. The number of rotatable bonds is 10. The maximum atomic E-state index is 5.44. The Balaban J connectivity index is 1.37. The van der Waals surface area contributed by atoms with Gasteiger partial charge in [-0.1, -0.05) is 0 Å². The summed E-state index contributed by atoms with van der Waals surface area (Å²) in [5, 5.41) is 3.67. The zero-order valence-corrected chi connectivity index (χ0v) is 11.7. The van der Waals surface area contributed by atoms with Crippen LogP contribution < -0.4 is 5.32 Å². The first-order valence-corrected chi connectivity index (χ1v) is 7.44. The second-order valence-electron chi connectivity index (χ2n) is 5.48. The zero-order valence-electron chi connectivity index (χ0n) is 11.7. The predicted molar refractivity (Wildman–Crippen MR) is 72.9 cm³/mol. The second kappa shape index (κ2) is 8.10. The van der Waals surface area contributed by atoms with E-state index in [1.807, 2.05) is 0 Å². The quantitative estimate of drug-likeness (QED) is 0.597. The summed E-state index contributed by atoms with van der Waals surface area (Å²) in [6, 6.07) is 1.67. The molecule has 0 amide bonds. The van der Waals surface area contributed by atoms with Gasteiger partial charge in [-0.2, -0.15) is 0 Å². The van der Waals surface area contributed by atoms with Gasteiger partial charge in [0.25, 0.3) is 0 Å². The maximum Gasteiger partial charge on any atom is 0.0700 e. The van der Waals surface area contributed by atoms with Crippen molar-refractivity contribution in [2.75, 3.05) is 46.6 Å². The molecule has 2 aliphatic rings. The fraction of sp³-hybridized carbons (Fsp3) is 1.00. The lowest BCUT2D eigenvalue weighted by atomic mass is 10.2. The van der Waals surface area contributed by atoms with E-state index in [1.165, 1.54) is 38.8 Å². The molecule has 4 heteroatoms. The number of hydrogen-bond acceptors (Lipinski definition) is 4. The van der Waals surface area contributed by atoms with Crippen molar-refractivity contribution < 1.29 is 9.47 Å². The van der Waals surface area contributed by atoms with E-state index < -0.39 is 0 Å². The van der Waals surface area contributed by atoms with Gasteiger partial charge in [-0.25, -0.2) is 0 Å². The van der Waals surface area contributed by atoms with Crippen molar-refractivity contribution in [3.63, 3.8) is 0 Å². The van der Waals surface area contributed by atoms with E-state index in [0.717, 1.165) is 38.3 Å². The van der Waals surface area contributed by atoms with E-state index in [0.29, 0.717) is 6.61 Å². The fourth-order valence-electron chi connectivity index (χ4n) is 2.60. The van der Waals surface area contributed by atoms with E-state index in [4.69, 9.17) is 9.47 Å². The Kier molecular flexibility index (Phi) is 6.41. The average Bonchev–Trinajstić information content (AvgIpc) is 3.13. The number of methoxy groups -OCH3 is 1. The van der Waals surface area contributed by atoms with Gasteiger partial charge in [0, 0.05) is 38.9 Å². The third-order valence-electron chi connectivity index (χ3n) is 3.86. The summed E-state index contributed by atoms with van der Waals surface area (Å²) < 4.78 is 10.4. The SMILES string of the molecule is COCCOCCCCNC1CCN(C2CC2)C1. The molecule has 0 aromatic heterocycles. The zero-order chi connectivity index (χ0) is 12.6. The van der Waals surface area contributed by atoms with Gasteiger partial charge in [0.15, 0.2) is 0 Å². The highest BCUT2D eigenvalue weighted by molar-refractivity contribution is 4.91. The van der Waals surface area contributed by atoms with Gasteiger partial charge in [0.05, 0.1) is 13.2 Å². The normalized spacial score (nSPS) is 24.8. The van der Waals surface area contributed by atoms with Crippen LogP contribution >= 0.6 is 0 Å². The summed E-state index contributed by atoms with van der Waals surface area (Å²) in [4.78, 5) is 2.66. The standard InChI is InChI=1S/C14H28N2O2/c1-17-10-11-18-9-3-2-7-15-13-6-8-16(12-13)14-4-5-14/h13-15H,2-12H2,1H3. The van der Waals surface area contributed by atoms with Crippen molar-refractivity contribution in [1.29, 1.82) is 0 Å². The molecule has 1 aliphatic carbocycles. The lowest BCUT2D eigenvalue weighted by molar-refractivity contribution is 0.0687. The Bertz CT molecular complexity index is 222. The van der Waals surface area contributed by atoms with Gasteiger partial charge < -0.3 is 14.8 Å². The average molecular weight is 256 g/mol. The molecule has 1 N–H and O–H groups in total.